The van der Waals surface area contributed by atoms with Crippen molar-refractivity contribution < 1.29 is 14.0 Å². The Labute approximate surface area is 188 Å². The van der Waals surface area contributed by atoms with E-state index >= 15 is 0 Å². The van der Waals surface area contributed by atoms with E-state index in [1.807, 2.05) is 6.07 Å². The van der Waals surface area contributed by atoms with Crippen LogP contribution < -0.4 is 10.6 Å². The molecule has 3 aromatic carbocycles. The molecule has 2 aliphatic rings. The first-order chi connectivity index (χ1) is 14.9. The average Bonchev–Trinajstić information content (AvgIpc) is 3.01. The first kappa shape index (κ1) is 20.0. The van der Waals surface area contributed by atoms with Gasteiger partial charge >= 0.3 is 0 Å². The van der Waals surface area contributed by atoms with E-state index in [9.17, 15) is 14.0 Å². The Hall–Kier alpha value is -2.89. The molecule has 0 unspecified atom stereocenters. The summed E-state index contributed by atoms with van der Waals surface area (Å²) >= 11 is 12.4. The van der Waals surface area contributed by atoms with E-state index in [0.29, 0.717) is 26.9 Å². The van der Waals surface area contributed by atoms with Crippen LogP contribution in [-0.2, 0) is 15.0 Å². The predicted octanol–water partition coefficient (Wildman–Crippen LogP) is 5.37. The van der Waals surface area contributed by atoms with Gasteiger partial charge in [0.15, 0.2) is 0 Å². The van der Waals surface area contributed by atoms with Gasteiger partial charge in [0.25, 0.3) is 0 Å². The van der Waals surface area contributed by atoms with Gasteiger partial charge in [-0.2, -0.15) is 0 Å². The van der Waals surface area contributed by atoms with Crippen molar-refractivity contribution in [3.63, 3.8) is 0 Å². The minimum atomic E-state index is -1.20. The van der Waals surface area contributed by atoms with Gasteiger partial charge in [0.05, 0.1) is 6.04 Å². The number of amides is 2. The first-order valence-corrected chi connectivity index (χ1v) is 10.6. The fourth-order valence-electron chi connectivity index (χ4n) is 4.98. The highest BCUT2D eigenvalue weighted by Crippen LogP contribution is 2.57. The second-order valence-corrected chi connectivity index (χ2v) is 8.75. The van der Waals surface area contributed by atoms with E-state index in [4.69, 9.17) is 23.2 Å². The molecule has 3 atom stereocenters. The summed E-state index contributed by atoms with van der Waals surface area (Å²) in [7, 11) is 0. The Kier molecular flexibility index (Phi) is 4.76. The monoisotopic (exact) mass is 454 g/mol. The minimum absolute atomic E-state index is 0.0850. The van der Waals surface area contributed by atoms with Crippen molar-refractivity contribution in [1.82, 2.24) is 5.32 Å². The topological polar surface area (TPSA) is 58.2 Å². The molecule has 3 aromatic rings. The Morgan fingerprint density at radius 1 is 0.903 bits per heavy atom. The van der Waals surface area contributed by atoms with Gasteiger partial charge in [0.1, 0.15) is 11.2 Å². The highest BCUT2D eigenvalue weighted by molar-refractivity contribution is 6.31. The third-order valence-corrected chi connectivity index (χ3v) is 6.65. The van der Waals surface area contributed by atoms with E-state index in [2.05, 4.69) is 10.6 Å². The van der Waals surface area contributed by atoms with Crippen molar-refractivity contribution in [3.8, 4) is 0 Å². The number of anilines is 1. The van der Waals surface area contributed by atoms with Gasteiger partial charge < -0.3 is 10.6 Å². The van der Waals surface area contributed by atoms with Crippen molar-refractivity contribution in [2.24, 2.45) is 0 Å². The molecule has 2 aliphatic heterocycles. The molecule has 1 saturated heterocycles. The van der Waals surface area contributed by atoms with Crippen molar-refractivity contribution in [1.29, 1.82) is 0 Å². The highest BCUT2D eigenvalue weighted by Gasteiger charge is 2.61. The van der Waals surface area contributed by atoms with Crippen LogP contribution in [0.15, 0.2) is 66.7 Å². The summed E-state index contributed by atoms with van der Waals surface area (Å²) in [5.41, 5.74) is 1.37. The minimum Gasteiger partial charge on any atom is -0.348 e. The van der Waals surface area contributed by atoms with E-state index < -0.39 is 23.2 Å². The summed E-state index contributed by atoms with van der Waals surface area (Å²) in [5.74, 6) is -1.46. The maximum Gasteiger partial charge on any atom is 0.238 e. The molecule has 0 aromatic heterocycles. The van der Waals surface area contributed by atoms with E-state index in [1.165, 1.54) is 12.1 Å². The van der Waals surface area contributed by atoms with Gasteiger partial charge in [-0.3, -0.25) is 9.59 Å². The molecule has 2 heterocycles. The summed E-state index contributed by atoms with van der Waals surface area (Å²) in [6.07, 6.45) is 0.0850. The van der Waals surface area contributed by atoms with Gasteiger partial charge in [-0.25, -0.2) is 4.39 Å². The summed E-state index contributed by atoms with van der Waals surface area (Å²) in [5, 5.41) is 6.90. The number of nitrogens with one attached hydrogen (secondary N) is 2. The summed E-state index contributed by atoms with van der Waals surface area (Å²) in [6, 6.07) is 17.6. The fourth-order valence-corrected chi connectivity index (χ4v) is 5.35. The zero-order chi connectivity index (χ0) is 21.8. The number of carbonyl (C=O) groups is 2. The average molecular weight is 455 g/mol. The Morgan fingerprint density at radius 3 is 2.42 bits per heavy atom. The number of piperidine rings is 1. The maximum absolute atomic E-state index is 14.2. The third kappa shape index (κ3) is 3.11. The van der Waals surface area contributed by atoms with Crippen LogP contribution in [0.3, 0.4) is 0 Å². The number of benzene rings is 3. The largest absolute Gasteiger partial charge is 0.348 e. The molecule has 1 fully saturated rings. The molecular weight excluding hydrogens is 438 g/mol. The number of halogens is 3. The third-order valence-electron chi connectivity index (χ3n) is 6.18. The normalized spacial score (nSPS) is 24.6. The Balaban J connectivity index is 1.81. The molecule has 0 aliphatic carbocycles. The second kappa shape index (κ2) is 7.36. The van der Waals surface area contributed by atoms with Crippen LogP contribution in [-0.4, -0.2) is 11.8 Å². The lowest BCUT2D eigenvalue weighted by molar-refractivity contribution is -0.131. The first-order valence-electron chi connectivity index (χ1n) is 9.81. The number of hydrogen-bond acceptors (Lipinski definition) is 2. The molecule has 0 bridgehead atoms. The molecule has 1 spiro atoms. The summed E-state index contributed by atoms with van der Waals surface area (Å²) in [4.78, 5) is 26.6. The van der Waals surface area contributed by atoms with Crippen molar-refractivity contribution >= 4 is 40.7 Å². The van der Waals surface area contributed by atoms with E-state index in [-0.39, 0.29) is 18.2 Å². The van der Waals surface area contributed by atoms with Crippen LogP contribution in [0.1, 0.15) is 35.1 Å². The number of hydrogen-bond donors (Lipinski definition) is 2. The predicted molar refractivity (Wildman–Crippen MR) is 118 cm³/mol. The number of carbonyl (C=O) groups excluding carboxylic acids is 2. The maximum atomic E-state index is 14.2. The molecular formula is C24H17Cl2FN2O2. The van der Waals surface area contributed by atoms with Crippen LogP contribution >= 0.6 is 23.2 Å². The molecule has 0 radical (unpaired) electrons. The number of fused-ring (bicyclic) bond motifs is 2. The van der Waals surface area contributed by atoms with Crippen molar-refractivity contribution in [3.05, 3.63) is 99.3 Å². The molecule has 4 nitrogen and oxygen atoms in total. The Morgan fingerprint density at radius 2 is 1.65 bits per heavy atom. The molecule has 156 valence electrons. The van der Waals surface area contributed by atoms with Crippen molar-refractivity contribution in [2.45, 2.75) is 23.8 Å². The lowest BCUT2D eigenvalue weighted by Gasteiger charge is -2.46. The zero-order valence-corrected chi connectivity index (χ0v) is 17.7. The van der Waals surface area contributed by atoms with Gasteiger partial charge in [-0.1, -0.05) is 53.5 Å². The second-order valence-electron chi connectivity index (χ2n) is 7.88. The van der Waals surface area contributed by atoms with Gasteiger partial charge in [-0.15, -0.1) is 0 Å². The molecule has 5 rings (SSSR count). The van der Waals surface area contributed by atoms with Crippen LogP contribution in [0.25, 0.3) is 0 Å². The highest BCUT2D eigenvalue weighted by atomic mass is 35.5. The van der Waals surface area contributed by atoms with E-state index in [1.54, 1.807) is 48.5 Å². The molecule has 7 heteroatoms. The molecule has 31 heavy (non-hydrogen) atoms. The van der Waals surface area contributed by atoms with Crippen LogP contribution in [0.4, 0.5) is 10.1 Å². The van der Waals surface area contributed by atoms with Gasteiger partial charge in [0.2, 0.25) is 11.8 Å². The summed E-state index contributed by atoms with van der Waals surface area (Å²) in [6.45, 7) is 0. The lowest BCUT2D eigenvalue weighted by Crippen LogP contribution is -2.56. The van der Waals surface area contributed by atoms with Gasteiger partial charge in [-0.05, 0) is 53.1 Å². The standard InChI is InChI=1S/C24H17Cl2FN2O2/c25-15-5-1-3-13(9-15)19-12-21(30)29-22(14-4-2-6-17(27)10-14)24(19)18-8-7-16(26)11-20(18)28-23(24)31/h1-11,19,22H,12H2,(H,28,31)(H,29,30)/t19-,22+,24-/m0/s1. The van der Waals surface area contributed by atoms with Crippen LogP contribution in [0.5, 0.6) is 0 Å². The zero-order valence-electron chi connectivity index (χ0n) is 16.2. The number of rotatable bonds is 2. The van der Waals surface area contributed by atoms with Gasteiger partial charge in [0, 0.05) is 28.1 Å². The van der Waals surface area contributed by atoms with E-state index in [0.717, 1.165) is 5.56 Å². The fraction of sp³-hybridized carbons (Fsp3) is 0.167. The van der Waals surface area contributed by atoms with Crippen LogP contribution in [0.2, 0.25) is 10.0 Å². The SMILES string of the molecule is O=C1C[C@@H](c2cccc(Cl)c2)[C@]2(C(=O)Nc3cc(Cl)ccc32)[C@@H](c2cccc(F)c2)N1. The summed E-state index contributed by atoms with van der Waals surface area (Å²) < 4.78 is 14.2. The lowest BCUT2D eigenvalue weighted by atomic mass is 9.59. The van der Waals surface area contributed by atoms with Crippen molar-refractivity contribution in [2.75, 3.05) is 5.32 Å². The molecule has 2 N–H and O–H groups in total. The molecule has 2 amide bonds. The molecule has 0 saturated carbocycles. The Bertz CT molecular complexity index is 1170. The van der Waals surface area contributed by atoms with Crippen LogP contribution in [0, 0.1) is 5.82 Å². The quantitative estimate of drug-likeness (QED) is 0.546. The smallest absolute Gasteiger partial charge is 0.238 e.